The maximum Gasteiger partial charge on any atom is 0.100 e. The quantitative estimate of drug-likeness (QED) is 0.508. The smallest absolute Gasteiger partial charge is 0.100 e. The molecule has 0 atom stereocenters. The van der Waals surface area contributed by atoms with Crippen LogP contribution in [0, 0.1) is 5.21 Å². The molecule has 0 aromatic rings. The predicted octanol–water partition coefficient (Wildman–Crippen LogP) is 0.795. The van der Waals surface area contributed by atoms with Crippen LogP contribution in [0.15, 0.2) is 0 Å². The van der Waals surface area contributed by atoms with Gasteiger partial charge in [-0.25, -0.2) is 0 Å². The SMILES string of the molecule is CC1(C)CC([N+](C)(C)C)CC(C)(C)[NH+]1[O-]. The Bertz CT molecular complexity index is 222. The molecule has 1 rings (SSSR count). The summed E-state index contributed by atoms with van der Waals surface area (Å²) in [5.74, 6) is 0. The first kappa shape index (κ1) is 12.9. The summed E-state index contributed by atoms with van der Waals surface area (Å²) in [7, 11) is 6.69. The van der Waals surface area contributed by atoms with Crippen LogP contribution in [-0.2, 0) is 0 Å². The monoisotopic (exact) mass is 215 g/mol. The second-order valence-electron chi connectivity index (χ2n) is 7.28. The van der Waals surface area contributed by atoms with Crippen LogP contribution in [0.25, 0.3) is 0 Å². The van der Waals surface area contributed by atoms with Gasteiger partial charge in [-0.1, -0.05) is 0 Å². The van der Waals surface area contributed by atoms with Crippen molar-refractivity contribution in [1.82, 2.24) is 0 Å². The Morgan fingerprint density at radius 2 is 1.33 bits per heavy atom. The molecule has 0 bridgehead atoms. The summed E-state index contributed by atoms with van der Waals surface area (Å²) in [5.41, 5.74) is -0.310. The Morgan fingerprint density at radius 1 is 1.00 bits per heavy atom. The zero-order chi connectivity index (χ0) is 12.1. The molecule has 1 saturated heterocycles. The lowest BCUT2D eigenvalue weighted by Crippen LogP contribution is -3.23. The van der Waals surface area contributed by atoms with E-state index in [4.69, 9.17) is 0 Å². The van der Waals surface area contributed by atoms with Crippen LogP contribution in [0.3, 0.4) is 0 Å². The number of rotatable bonds is 1. The van der Waals surface area contributed by atoms with Crippen LogP contribution < -0.4 is 5.06 Å². The second-order valence-corrected chi connectivity index (χ2v) is 7.28. The Hall–Kier alpha value is -0.120. The van der Waals surface area contributed by atoms with E-state index in [-0.39, 0.29) is 11.1 Å². The summed E-state index contributed by atoms with van der Waals surface area (Å²) < 4.78 is 0.958. The van der Waals surface area contributed by atoms with Crippen LogP contribution >= 0.6 is 0 Å². The van der Waals surface area contributed by atoms with Crippen LogP contribution in [-0.4, -0.2) is 42.7 Å². The molecule has 0 spiro atoms. The molecule has 15 heavy (non-hydrogen) atoms. The molecular formula is C12H27N2O+. The van der Waals surface area contributed by atoms with Gasteiger partial charge in [0.05, 0.1) is 45.1 Å². The van der Waals surface area contributed by atoms with Crippen molar-refractivity contribution in [2.24, 2.45) is 0 Å². The van der Waals surface area contributed by atoms with Crippen molar-refractivity contribution in [1.29, 1.82) is 0 Å². The molecule has 3 nitrogen and oxygen atoms in total. The molecule has 0 saturated carbocycles. The van der Waals surface area contributed by atoms with Gasteiger partial charge in [-0.3, -0.25) is 0 Å². The van der Waals surface area contributed by atoms with E-state index in [2.05, 4.69) is 48.8 Å². The van der Waals surface area contributed by atoms with Gasteiger partial charge in [0.1, 0.15) is 6.04 Å². The van der Waals surface area contributed by atoms with Crippen molar-refractivity contribution in [3.63, 3.8) is 0 Å². The molecule has 90 valence electrons. The maximum absolute atomic E-state index is 12.2. The average molecular weight is 215 g/mol. The van der Waals surface area contributed by atoms with E-state index in [0.717, 1.165) is 17.3 Å². The van der Waals surface area contributed by atoms with Crippen LogP contribution in [0.5, 0.6) is 0 Å². The van der Waals surface area contributed by atoms with E-state index >= 15 is 0 Å². The Balaban J connectivity index is 2.94. The van der Waals surface area contributed by atoms with Gasteiger partial charge in [0, 0.05) is 0 Å². The minimum Gasteiger partial charge on any atom is -0.634 e. The second kappa shape index (κ2) is 3.44. The number of hydroxylamine groups is 2. The first-order valence-corrected chi connectivity index (χ1v) is 5.83. The normalized spacial score (nSPS) is 35.2. The largest absolute Gasteiger partial charge is 0.634 e. The van der Waals surface area contributed by atoms with Gasteiger partial charge in [-0.2, -0.15) is 0 Å². The zero-order valence-corrected chi connectivity index (χ0v) is 11.3. The lowest BCUT2D eigenvalue weighted by molar-refractivity contribution is -0.981. The molecule has 1 aliphatic rings. The summed E-state index contributed by atoms with van der Waals surface area (Å²) in [5, 5.41) is 12.7. The minimum atomic E-state index is -0.155. The number of hydrogen-bond acceptors (Lipinski definition) is 1. The summed E-state index contributed by atoms with van der Waals surface area (Å²) in [6, 6.07) is 0.590. The summed E-state index contributed by atoms with van der Waals surface area (Å²) in [6.07, 6.45) is 2.03. The standard InChI is InChI=1S/C12H27N2O/c1-11(2)8-10(14(5,6)7)9-12(3,4)13(11)15/h10,13H,8-9H2,1-7H3/q+1. The van der Waals surface area contributed by atoms with Crippen LogP contribution in [0.2, 0.25) is 0 Å². The van der Waals surface area contributed by atoms with Gasteiger partial charge >= 0.3 is 0 Å². The third kappa shape index (κ3) is 2.52. The molecule has 0 aliphatic carbocycles. The van der Waals surface area contributed by atoms with E-state index in [1.165, 1.54) is 0 Å². The minimum absolute atomic E-state index is 0.155. The third-order valence-corrected chi connectivity index (χ3v) is 3.82. The summed E-state index contributed by atoms with van der Waals surface area (Å²) >= 11 is 0. The van der Waals surface area contributed by atoms with Gasteiger partial charge < -0.3 is 14.8 Å². The van der Waals surface area contributed by atoms with Crippen molar-refractivity contribution in [2.45, 2.75) is 57.7 Å². The molecule has 0 amide bonds. The first-order valence-electron chi connectivity index (χ1n) is 5.83. The van der Waals surface area contributed by atoms with Gasteiger partial charge in [0.2, 0.25) is 0 Å². The van der Waals surface area contributed by atoms with E-state index < -0.39 is 0 Å². The molecular weight excluding hydrogens is 188 g/mol. The highest BCUT2D eigenvalue weighted by Crippen LogP contribution is 2.28. The molecule has 0 aromatic carbocycles. The van der Waals surface area contributed by atoms with E-state index in [9.17, 15) is 5.21 Å². The Labute approximate surface area is 94.2 Å². The Kier molecular flexibility index (Phi) is 2.97. The lowest BCUT2D eigenvalue weighted by atomic mass is 9.78. The first-order chi connectivity index (χ1) is 6.47. The van der Waals surface area contributed by atoms with Crippen molar-refractivity contribution in [3.8, 4) is 0 Å². The van der Waals surface area contributed by atoms with Gasteiger partial charge in [0.25, 0.3) is 0 Å². The van der Waals surface area contributed by atoms with Gasteiger partial charge in [-0.15, -0.1) is 0 Å². The third-order valence-electron chi connectivity index (χ3n) is 3.82. The Morgan fingerprint density at radius 3 is 1.60 bits per heavy atom. The number of nitrogens with zero attached hydrogens (tertiary/aromatic N) is 1. The number of piperidine rings is 1. The molecule has 0 radical (unpaired) electrons. The number of hydrogen-bond donors (Lipinski definition) is 1. The van der Waals surface area contributed by atoms with E-state index in [1.807, 2.05) is 0 Å². The zero-order valence-electron chi connectivity index (χ0n) is 11.3. The summed E-state index contributed by atoms with van der Waals surface area (Å²) in [4.78, 5) is 0. The predicted molar refractivity (Wildman–Crippen MR) is 63.5 cm³/mol. The molecule has 0 aromatic heterocycles. The highest BCUT2D eigenvalue weighted by atomic mass is 16.5. The number of quaternary nitrogens is 2. The van der Waals surface area contributed by atoms with Crippen LogP contribution in [0.1, 0.15) is 40.5 Å². The maximum atomic E-state index is 12.2. The van der Waals surface area contributed by atoms with Crippen molar-refractivity contribution < 1.29 is 9.55 Å². The lowest BCUT2D eigenvalue weighted by Gasteiger charge is -2.56. The molecule has 1 heterocycles. The molecule has 3 heteroatoms. The van der Waals surface area contributed by atoms with Crippen molar-refractivity contribution in [2.75, 3.05) is 21.1 Å². The highest BCUT2D eigenvalue weighted by molar-refractivity contribution is 4.87. The number of nitrogens with one attached hydrogen (secondary N) is 1. The van der Waals surface area contributed by atoms with Crippen molar-refractivity contribution >= 4 is 0 Å². The molecule has 1 aliphatic heterocycles. The van der Waals surface area contributed by atoms with Gasteiger partial charge in [0.15, 0.2) is 0 Å². The fourth-order valence-electron chi connectivity index (χ4n) is 2.90. The highest BCUT2D eigenvalue weighted by Gasteiger charge is 2.49. The molecule has 1 fully saturated rings. The van der Waals surface area contributed by atoms with Crippen LogP contribution in [0.4, 0.5) is 0 Å². The summed E-state index contributed by atoms with van der Waals surface area (Å²) in [6.45, 7) is 8.38. The fourth-order valence-corrected chi connectivity index (χ4v) is 2.90. The van der Waals surface area contributed by atoms with Crippen molar-refractivity contribution in [3.05, 3.63) is 5.21 Å². The van der Waals surface area contributed by atoms with E-state index in [0.29, 0.717) is 11.1 Å². The van der Waals surface area contributed by atoms with Gasteiger partial charge in [-0.05, 0) is 27.7 Å². The fraction of sp³-hybridized carbons (Fsp3) is 1.00. The molecule has 1 N–H and O–H groups in total. The average Bonchev–Trinajstić information content (AvgIpc) is 1.97. The van der Waals surface area contributed by atoms with E-state index in [1.54, 1.807) is 0 Å². The topological polar surface area (TPSA) is 27.5 Å². The molecule has 0 unspecified atom stereocenters.